The molecule has 0 spiro atoms. The van der Waals surface area contributed by atoms with Crippen LogP contribution in [0.4, 0.5) is 0 Å². The molecule has 29 heavy (non-hydrogen) atoms. The Kier molecular flexibility index (Phi) is 8.51. The summed E-state index contributed by atoms with van der Waals surface area (Å²) in [5, 5.41) is 3.97. The van der Waals surface area contributed by atoms with E-state index in [1.165, 1.54) is 51.4 Å². The number of benzene rings is 3. The van der Waals surface area contributed by atoms with Gasteiger partial charge < -0.3 is 0 Å². The molecule has 0 saturated heterocycles. The maximum absolute atomic E-state index is 12.8. The molecule has 1 N–H and O–H groups in total. The van der Waals surface area contributed by atoms with E-state index in [4.69, 9.17) is 4.84 Å². The molecule has 0 unspecified atom stereocenters. The van der Waals surface area contributed by atoms with Crippen LogP contribution in [0.25, 0.3) is 21.5 Å². The fourth-order valence-electron chi connectivity index (χ4n) is 3.91. The highest BCUT2D eigenvalue weighted by molar-refractivity contribution is 6.16. The number of rotatable bonds is 12. The number of hydroxylamine groups is 1. The Bertz CT molecular complexity index is 865. The standard InChI is InChI=1S/C26H33NO2/c1-2-3-4-5-6-7-8-9-14-19-27-29-26(28)25-23-17-12-10-15-21(23)20-22-16-11-13-18-24(22)25/h10-13,15-18,20,27H,2-9,14,19H2,1H3/q+1. The van der Waals surface area contributed by atoms with Gasteiger partial charge in [0.1, 0.15) is 5.56 Å². The van der Waals surface area contributed by atoms with Crippen molar-refractivity contribution in [2.75, 3.05) is 6.54 Å². The molecule has 0 aromatic heterocycles. The Balaban J connectivity index is 1.48. The lowest BCUT2D eigenvalue weighted by Gasteiger charge is -2.06. The summed E-state index contributed by atoms with van der Waals surface area (Å²) >= 11 is 0. The molecule has 0 amide bonds. The number of fused-ring (bicyclic) bond motifs is 2. The van der Waals surface area contributed by atoms with Crippen LogP contribution >= 0.6 is 0 Å². The van der Waals surface area contributed by atoms with Crippen molar-refractivity contribution < 1.29 is 9.63 Å². The maximum Gasteiger partial charge on any atom is 0.632 e. The molecule has 0 heterocycles. The lowest BCUT2D eigenvalue weighted by Crippen LogP contribution is -2.21. The predicted molar refractivity (Wildman–Crippen MR) is 122 cm³/mol. The molecule has 153 valence electrons. The van der Waals surface area contributed by atoms with Crippen LogP contribution in [0.5, 0.6) is 0 Å². The summed E-state index contributed by atoms with van der Waals surface area (Å²) in [4.78, 5) is 18.3. The largest absolute Gasteiger partial charge is 0.632 e. The topological polar surface area (TPSA) is 41.2 Å². The predicted octanol–water partition coefficient (Wildman–Crippen LogP) is 7.19. The molecule has 0 saturated carbocycles. The lowest BCUT2D eigenvalue weighted by molar-refractivity contribution is 0.0256. The van der Waals surface area contributed by atoms with Crippen molar-refractivity contribution in [3.63, 3.8) is 0 Å². The lowest BCUT2D eigenvalue weighted by atomic mass is 9.97. The van der Waals surface area contributed by atoms with E-state index in [0.29, 0.717) is 12.1 Å². The Morgan fingerprint density at radius 2 is 1.28 bits per heavy atom. The van der Waals surface area contributed by atoms with Crippen molar-refractivity contribution in [2.45, 2.75) is 64.7 Å². The molecule has 0 aliphatic heterocycles. The summed E-state index contributed by atoms with van der Waals surface area (Å²) in [5.74, 6) is -0.311. The van der Waals surface area contributed by atoms with Crippen molar-refractivity contribution in [1.29, 1.82) is 0 Å². The smallest absolute Gasteiger partial charge is 0.195 e. The molecule has 1 radical (unpaired) electrons. The minimum Gasteiger partial charge on any atom is -0.195 e. The fraction of sp³-hybridized carbons (Fsp3) is 0.423. The number of hydrogen-bond acceptors (Lipinski definition) is 3. The van der Waals surface area contributed by atoms with Gasteiger partial charge >= 0.3 is 5.97 Å². The average Bonchev–Trinajstić information content (AvgIpc) is 2.75. The second-order valence-corrected chi connectivity index (χ2v) is 7.81. The van der Waals surface area contributed by atoms with E-state index in [9.17, 15) is 4.79 Å². The highest BCUT2D eigenvalue weighted by atomic mass is 16.7. The first-order valence-corrected chi connectivity index (χ1v) is 11.2. The first-order chi connectivity index (χ1) is 14.3. The van der Waals surface area contributed by atoms with Crippen molar-refractivity contribution in [2.24, 2.45) is 0 Å². The third kappa shape index (κ3) is 6.04. The molecule has 0 aliphatic rings. The summed E-state index contributed by atoms with van der Waals surface area (Å²) in [5.41, 5.74) is 3.52. The van der Waals surface area contributed by atoms with Gasteiger partial charge in [-0.05, 0) is 23.3 Å². The Hall–Kier alpha value is -2.39. The molecule has 0 aliphatic carbocycles. The first-order valence-electron chi connectivity index (χ1n) is 11.2. The van der Waals surface area contributed by atoms with Gasteiger partial charge in [-0.2, -0.15) is 4.84 Å². The quantitative estimate of drug-likeness (QED) is 0.154. The van der Waals surface area contributed by atoms with Crippen molar-refractivity contribution in [1.82, 2.24) is 5.48 Å². The van der Waals surface area contributed by atoms with Gasteiger partial charge in [-0.3, -0.25) is 0 Å². The van der Waals surface area contributed by atoms with E-state index < -0.39 is 0 Å². The number of carbonyl (C=O) groups is 1. The Labute approximate surface area is 174 Å². The molecular formula is C26H33NO2+. The number of nitrogens with one attached hydrogen (secondary N) is 1. The minimum atomic E-state index is -0.311. The number of hydrogen-bond donors (Lipinski definition) is 1. The zero-order chi connectivity index (χ0) is 20.3. The number of carbonyl (C=O) groups excluding carboxylic acids is 1. The monoisotopic (exact) mass is 391 g/mol. The molecule has 3 nitrogen and oxygen atoms in total. The fourth-order valence-corrected chi connectivity index (χ4v) is 3.91. The van der Waals surface area contributed by atoms with E-state index in [1.807, 2.05) is 48.5 Å². The second-order valence-electron chi connectivity index (χ2n) is 7.81. The van der Waals surface area contributed by atoms with Gasteiger partial charge in [0.15, 0.2) is 0 Å². The van der Waals surface area contributed by atoms with Gasteiger partial charge in [0, 0.05) is 10.8 Å². The van der Waals surface area contributed by atoms with E-state index in [1.54, 1.807) is 0 Å². The summed E-state index contributed by atoms with van der Waals surface area (Å²) in [6.07, 6.45) is 11.5. The summed E-state index contributed by atoms with van der Waals surface area (Å²) in [7, 11) is 0. The Morgan fingerprint density at radius 1 is 0.759 bits per heavy atom. The third-order valence-corrected chi connectivity index (χ3v) is 5.52. The van der Waals surface area contributed by atoms with E-state index in [-0.39, 0.29) is 5.97 Å². The zero-order valence-corrected chi connectivity index (χ0v) is 17.6. The average molecular weight is 392 g/mol. The molecule has 3 rings (SSSR count). The molecule has 0 bridgehead atoms. The van der Waals surface area contributed by atoms with Crippen LogP contribution in [0, 0.1) is 0 Å². The molecule has 3 aromatic carbocycles. The van der Waals surface area contributed by atoms with Crippen molar-refractivity contribution in [3.8, 4) is 0 Å². The summed E-state index contributed by atoms with van der Waals surface area (Å²) in [6, 6.07) is 18.1. The van der Waals surface area contributed by atoms with Crippen LogP contribution in [-0.4, -0.2) is 12.5 Å². The molecular weight excluding hydrogens is 358 g/mol. The first kappa shape index (κ1) is 21.3. The second kappa shape index (κ2) is 11.6. The third-order valence-electron chi connectivity index (χ3n) is 5.52. The van der Waals surface area contributed by atoms with Crippen LogP contribution < -0.4 is 5.48 Å². The SMILES string of the molecule is CCCCCCCCCCCNOC(=[O+])c1c2ccccc2cc2ccccc12. The summed E-state index contributed by atoms with van der Waals surface area (Å²) < 4.78 is 0. The highest BCUT2D eigenvalue weighted by Crippen LogP contribution is 2.28. The maximum atomic E-state index is 12.8. The van der Waals surface area contributed by atoms with E-state index in [0.717, 1.165) is 28.0 Å². The highest BCUT2D eigenvalue weighted by Gasteiger charge is 2.27. The van der Waals surface area contributed by atoms with Crippen LogP contribution in [0.3, 0.4) is 0 Å². The van der Waals surface area contributed by atoms with Gasteiger partial charge in [-0.1, -0.05) is 112 Å². The van der Waals surface area contributed by atoms with Crippen LogP contribution in [0.15, 0.2) is 54.6 Å². The van der Waals surface area contributed by atoms with E-state index in [2.05, 4.69) is 18.5 Å². The van der Waals surface area contributed by atoms with Gasteiger partial charge in [0.05, 0.1) is 11.3 Å². The molecule has 3 aromatic rings. The molecule has 0 atom stereocenters. The molecule has 3 heteroatoms. The van der Waals surface area contributed by atoms with Gasteiger partial charge in [0.2, 0.25) is 0 Å². The van der Waals surface area contributed by atoms with Gasteiger partial charge in [0.25, 0.3) is 0 Å². The van der Waals surface area contributed by atoms with Gasteiger partial charge in [-0.25, -0.2) is 0 Å². The van der Waals surface area contributed by atoms with Crippen molar-refractivity contribution in [3.05, 3.63) is 60.2 Å². The number of unbranched alkanes of at least 4 members (excludes halogenated alkanes) is 8. The van der Waals surface area contributed by atoms with Crippen molar-refractivity contribution >= 4 is 27.5 Å². The Morgan fingerprint density at radius 3 is 1.86 bits per heavy atom. The summed E-state index contributed by atoms with van der Waals surface area (Å²) in [6.45, 7) is 2.95. The molecule has 0 fully saturated rings. The van der Waals surface area contributed by atoms with Crippen LogP contribution in [-0.2, 0) is 4.84 Å². The van der Waals surface area contributed by atoms with Crippen LogP contribution in [0.1, 0.15) is 75.1 Å². The normalized spacial score (nSPS) is 11.2. The van der Waals surface area contributed by atoms with Gasteiger partial charge in [-0.15, -0.1) is 0 Å². The van der Waals surface area contributed by atoms with Crippen LogP contribution in [0.2, 0.25) is 0 Å². The minimum absolute atomic E-state index is 0.311. The van der Waals surface area contributed by atoms with E-state index >= 15 is 0 Å². The zero-order valence-electron chi connectivity index (χ0n) is 17.6.